The molecule has 6 heteroatoms. The van der Waals surface area contributed by atoms with Gasteiger partial charge in [-0.1, -0.05) is 6.07 Å². The Hall–Kier alpha value is -2.79. The molecule has 0 aliphatic carbocycles. The predicted molar refractivity (Wildman–Crippen MR) is 117 cm³/mol. The lowest BCUT2D eigenvalue weighted by atomic mass is 9.85. The first-order valence-corrected chi connectivity index (χ1v) is 10.0. The monoisotopic (exact) mass is 412 g/mol. The lowest BCUT2D eigenvalue weighted by Crippen LogP contribution is -2.43. The van der Waals surface area contributed by atoms with Gasteiger partial charge in [0.1, 0.15) is 5.75 Å². The Morgan fingerprint density at radius 2 is 1.93 bits per heavy atom. The van der Waals surface area contributed by atoms with Crippen LogP contribution in [0.15, 0.2) is 48.5 Å². The van der Waals surface area contributed by atoms with Gasteiger partial charge in [0.15, 0.2) is 5.78 Å². The fourth-order valence-electron chi connectivity index (χ4n) is 3.40. The summed E-state index contributed by atoms with van der Waals surface area (Å²) in [7, 11) is 1.63. The molecular formula is C23H25ClN2O3. The number of amides is 1. The molecule has 0 aromatic heterocycles. The number of fused-ring (bicyclic) bond motifs is 1. The number of carbonyl (C=O) groups is 2. The Morgan fingerprint density at radius 1 is 1.21 bits per heavy atom. The number of methoxy groups -OCH3 is 1. The highest BCUT2D eigenvalue weighted by atomic mass is 35.5. The maximum atomic E-state index is 12.9. The van der Waals surface area contributed by atoms with Crippen LogP contribution in [-0.2, 0) is 11.2 Å². The summed E-state index contributed by atoms with van der Waals surface area (Å²) in [5.74, 6) is 0.754. The van der Waals surface area contributed by atoms with Crippen LogP contribution < -0.4 is 15.4 Å². The molecule has 0 unspecified atom stereocenters. The van der Waals surface area contributed by atoms with E-state index < -0.39 is 0 Å². The molecule has 2 N–H and O–H groups in total. The van der Waals surface area contributed by atoms with E-state index in [1.807, 2.05) is 18.2 Å². The Kier molecular flexibility index (Phi) is 6.28. The van der Waals surface area contributed by atoms with Crippen molar-refractivity contribution < 1.29 is 14.3 Å². The molecule has 0 saturated carbocycles. The van der Waals surface area contributed by atoms with Crippen molar-refractivity contribution in [3.63, 3.8) is 0 Å². The molecule has 152 valence electrons. The first-order chi connectivity index (χ1) is 13.8. The number of rotatable bonds is 6. The third-order valence-corrected chi connectivity index (χ3v) is 4.95. The number of allylic oxidation sites excluding steroid dienone is 1. The second kappa shape index (κ2) is 8.70. The van der Waals surface area contributed by atoms with Crippen LogP contribution in [-0.4, -0.2) is 30.2 Å². The number of benzene rings is 2. The zero-order chi connectivity index (χ0) is 21.0. The van der Waals surface area contributed by atoms with Gasteiger partial charge in [-0.15, -0.1) is 11.6 Å². The summed E-state index contributed by atoms with van der Waals surface area (Å²) in [6, 6.07) is 12.8. The van der Waals surface area contributed by atoms with Crippen molar-refractivity contribution in [2.45, 2.75) is 32.2 Å². The quantitative estimate of drug-likeness (QED) is 0.419. The second-order valence-corrected chi connectivity index (χ2v) is 8.07. The van der Waals surface area contributed by atoms with Crippen molar-refractivity contribution >= 4 is 34.7 Å². The molecule has 0 saturated heterocycles. The molecule has 0 fully saturated rings. The number of anilines is 1. The molecule has 2 aromatic carbocycles. The number of hydrogen-bond donors (Lipinski definition) is 2. The lowest BCUT2D eigenvalue weighted by Gasteiger charge is -2.35. The molecule has 0 bridgehead atoms. The maximum Gasteiger partial charge on any atom is 0.225 e. The topological polar surface area (TPSA) is 67.4 Å². The minimum absolute atomic E-state index is 0.113. The largest absolute Gasteiger partial charge is 0.497 e. The minimum atomic E-state index is -0.162. The highest BCUT2D eigenvalue weighted by Gasteiger charge is 2.28. The van der Waals surface area contributed by atoms with Crippen LogP contribution in [0.1, 0.15) is 41.8 Å². The van der Waals surface area contributed by atoms with Crippen molar-refractivity contribution in [1.29, 1.82) is 0 Å². The van der Waals surface area contributed by atoms with Gasteiger partial charge >= 0.3 is 0 Å². The van der Waals surface area contributed by atoms with Gasteiger partial charge in [0.05, 0.1) is 7.11 Å². The Labute approximate surface area is 176 Å². The molecule has 0 atom stereocenters. The number of ether oxygens (including phenoxy) is 1. The Morgan fingerprint density at radius 3 is 2.59 bits per heavy atom. The molecule has 3 rings (SSSR count). The van der Waals surface area contributed by atoms with Gasteiger partial charge in [0, 0.05) is 46.4 Å². The molecule has 29 heavy (non-hydrogen) atoms. The Bertz CT molecular complexity index is 949. The van der Waals surface area contributed by atoms with Crippen LogP contribution in [0.4, 0.5) is 5.69 Å². The highest BCUT2D eigenvalue weighted by molar-refractivity contribution is 6.19. The van der Waals surface area contributed by atoms with Crippen LogP contribution in [0, 0.1) is 0 Å². The molecule has 1 aliphatic rings. The summed E-state index contributed by atoms with van der Waals surface area (Å²) < 4.78 is 5.35. The van der Waals surface area contributed by atoms with Crippen molar-refractivity contribution in [1.82, 2.24) is 5.32 Å². The van der Waals surface area contributed by atoms with E-state index in [1.54, 1.807) is 37.5 Å². The van der Waals surface area contributed by atoms with E-state index in [9.17, 15) is 9.59 Å². The second-order valence-electron chi connectivity index (χ2n) is 7.70. The van der Waals surface area contributed by atoms with Crippen LogP contribution >= 0.6 is 11.6 Å². The van der Waals surface area contributed by atoms with E-state index in [2.05, 4.69) is 24.5 Å². The van der Waals surface area contributed by atoms with Gasteiger partial charge < -0.3 is 15.4 Å². The van der Waals surface area contributed by atoms with E-state index >= 15 is 0 Å². The van der Waals surface area contributed by atoms with Crippen LogP contribution in [0.3, 0.4) is 0 Å². The summed E-state index contributed by atoms with van der Waals surface area (Å²) in [4.78, 5) is 24.5. The molecule has 0 radical (unpaired) electrons. The zero-order valence-electron chi connectivity index (χ0n) is 16.8. The maximum absolute atomic E-state index is 12.9. The first kappa shape index (κ1) is 20.9. The molecular weight excluding hydrogens is 388 g/mol. The van der Waals surface area contributed by atoms with Crippen molar-refractivity contribution in [3.05, 3.63) is 65.2 Å². The fourth-order valence-corrected chi connectivity index (χ4v) is 3.57. The van der Waals surface area contributed by atoms with Gasteiger partial charge in [-0.2, -0.15) is 0 Å². The van der Waals surface area contributed by atoms with Crippen LogP contribution in [0.2, 0.25) is 0 Å². The van der Waals surface area contributed by atoms with Gasteiger partial charge in [-0.3, -0.25) is 9.59 Å². The molecule has 0 spiro atoms. The number of hydrogen-bond acceptors (Lipinski definition) is 4. The highest BCUT2D eigenvalue weighted by Crippen LogP contribution is 2.32. The van der Waals surface area contributed by atoms with Crippen molar-refractivity contribution in [2.75, 3.05) is 18.3 Å². The summed E-state index contributed by atoms with van der Waals surface area (Å²) in [5.41, 5.74) is 3.94. The SMILES string of the molecule is COc1ccc2c(c1)/C(=C/C(=O)c1ccc(NC(=O)CCCl)cc1)NC(C)(C)C2. The average molecular weight is 413 g/mol. The third-order valence-electron chi connectivity index (χ3n) is 4.76. The van der Waals surface area contributed by atoms with Crippen LogP contribution in [0.25, 0.3) is 5.70 Å². The van der Waals surface area contributed by atoms with E-state index in [0.717, 1.165) is 23.4 Å². The summed E-state index contributed by atoms with van der Waals surface area (Å²) in [6.07, 6.45) is 2.73. The Balaban J connectivity index is 1.85. The molecule has 2 aromatic rings. The van der Waals surface area contributed by atoms with Gasteiger partial charge in [0.2, 0.25) is 5.91 Å². The third kappa shape index (κ3) is 5.18. The van der Waals surface area contributed by atoms with Gasteiger partial charge in [0.25, 0.3) is 0 Å². The average Bonchev–Trinajstić information content (AvgIpc) is 2.67. The van der Waals surface area contributed by atoms with E-state index in [-0.39, 0.29) is 29.5 Å². The lowest BCUT2D eigenvalue weighted by molar-refractivity contribution is -0.115. The van der Waals surface area contributed by atoms with E-state index in [1.165, 1.54) is 5.56 Å². The first-order valence-electron chi connectivity index (χ1n) is 9.49. The molecule has 5 nitrogen and oxygen atoms in total. The summed E-state index contributed by atoms with van der Waals surface area (Å²) in [5, 5.41) is 6.22. The van der Waals surface area contributed by atoms with E-state index in [4.69, 9.17) is 16.3 Å². The summed E-state index contributed by atoms with van der Waals surface area (Å²) in [6.45, 7) is 4.22. The number of ketones is 1. The molecule has 1 heterocycles. The molecule has 1 amide bonds. The smallest absolute Gasteiger partial charge is 0.225 e. The zero-order valence-corrected chi connectivity index (χ0v) is 17.6. The van der Waals surface area contributed by atoms with Gasteiger partial charge in [-0.25, -0.2) is 0 Å². The fraction of sp³-hybridized carbons (Fsp3) is 0.304. The number of halogens is 1. The normalized spacial score (nSPS) is 15.9. The number of alkyl halides is 1. The van der Waals surface area contributed by atoms with Gasteiger partial charge in [-0.05, 0) is 62.2 Å². The minimum Gasteiger partial charge on any atom is -0.497 e. The predicted octanol–water partition coefficient (Wildman–Crippen LogP) is 4.41. The van der Waals surface area contributed by atoms with Crippen molar-refractivity contribution in [2.24, 2.45) is 0 Å². The number of carbonyl (C=O) groups excluding carboxylic acids is 2. The van der Waals surface area contributed by atoms with Crippen LogP contribution in [0.5, 0.6) is 5.75 Å². The number of nitrogens with one attached hydrogen (secondary N) is 2. The molecule has 1 aliphatic heterocycles. The van der Waals surface area contributed by atoms with E-state index in [0.29, 0.717) is 11.3 Å². The summed E-state index contributed by atoms with van der Waals surface area (Å²) >= 11 is 5.57. The van der Waals surface area contributed by atoms with Crippen molar-refractivity contribution in [3.8, 4) is 5.75 Å². The standard InChI is InChI=1S/C23H25ClN2O3/c1-23(2)14-16-6-9-18(29-3)12-19(16)20(26-23)13-21(27)15-4-7-17(8-5-15)25-22(28)10-11-24/h4-9,12-13,26H,10-11,14H2,1-3H3,(H,25,28)/b20-13-.